The second-order valence-electron chi connectivity index (χ2n) is 4.28. The van der Waals surface area contributed by atoms with Crippen LogP contribution in [0.3, 0.4) is 0 Å². The van der Waals surface area contributed by atoms with Gasteiger partial charge in [0, 0.05) is 16.2 Å². The molecule has 0 amide bonds. The Bertz CT molecular complexity index is 511. The Morgan fingerprint density at radius 1 is 1.11 bits per heavy atom. The highest BCUT2D eigenvalue weighted by molar-refractivity contribution is 7.99. The van der Waals surface area contributed by atoms with Gasteiger partial charge in [0.2, 0.25) is 0 Å². The molecule has 0 fully saturated rings. The minimum absolute atomic E-state index is 0.0167. The van der Waals surface area contributed by atoms with Gasteiger partial charge in [0.15, 0.2) is 0 Å². The first-order valence-corrected chi connectivity index (χ1v) is 7.29. The van der Waals surface area contributed by atoms with Crippen molar-refractivity contribution in [3.8, 4) is 5.75 Å². The number of aryl methyl sites for hydroxylation is 1. The van der Waals surface area contributed by atoms with Crippen LogP contribution in [0, 0.1) is 6.92 Å². The lowest BCUT2D eigenvalue weighted by Crippen LogP contribution is -2.02. The van der Waals surface area contributed by atoms with E-state index in [0.29, 0.717) is 6.61 Å². The largest absolute Gasteiger partial charge is 0.492 e. The topological polar surface area (TPSA) is 29.5 Å². The zero-order valence-electron chi connectivity index (χ0n) is 11.0. The third-order valence-electron chi connectivity index (χ3n) is 2.74. The molecule has 0 atom stereocenters. The highest BCUT2D eigenvalue weighted by Gasteiger charge is 2.03. The molecule has 2 rings (SSSR count). The number of hydrogen-bond donors (Lipinski definition) is 1. The molecular weight excluding hydrogens is 256 g/mol. The molecule has 0 heterocycles. The average molecular weight is 274 g/mol. The van der Waals surface area contributed by atoms with Crippen molar-refractivity contribution >= 4 is 11.8 Å². The van der Waals surface area contributed by atoms with Crippen LogP contribution in [0.5, 0.6) is 5.75 Å². The van der Waals surface area contributed by atoms with Crippen molar-refractivity contribution in [2.75, 3.05) is 12.4 Å². The number of thioether (sulfide) groups is 1. The Hall–Kier alpha value is -1.45. The van der Waals surface area contributed by atoms with Crippen LogP contribution in [0.15, 0.2) is 53.4 Å². The predicted molar refractivity (Wildman–Crippen MR) is 79.8 cm³/mol. The molecule has 100 valence electrons. The van der Waals surface area contributed by atoms with Gasteiger partial charge >= 0.3 is 0 Å². The van der Waals surface area contributed by atoms with Crippen molar-refractivity contribution in [3.05, 3.63) is 59.7 Å². The molecule has 0 aliphatic carbocycles. The second kappa shape index (κ2) is 7.22. The molecular formula is C16H18O2S. The Morgan fingerprint density at radius 3 is 2.63 bits per heavy atom. The van der Waals surface area contributed by atoms with Crippen LogP contribution in [0.2, 0.25) is 0 Å². The number of hydrogen-bond acceptors (Lipinski definition) is 3. The van der Waals surface area contributed by atoms with E-state index in [4.69, 9.17) is 4.74 Å². The fourth-order valence-corrected chi connectivity index (χ4v) is 2.55. The smallest absolute Gasteiger partial charge is 0.124 e. The van der Waals surface area contributed by atoms with Crippen LogP contribution in [0.4, 0.5) is 0 Å². The SMILES string of the molecule is Cc1ccc(OCCSc2ccccc2)c(CO)c1. The van der Waals surface area contributed by atoms with Crippen LogP contribution >= 0.6 is 11.8 Å². The van der Waals surface area contributed by atoms with Gasteiger partial charge in [0.1, 0.15) is 5.75 Å². The Kier molecular flexibility index (Phi) is 5.31. The summed E-state index contributed by atoms with van der Waals surface area (Å²) in [5, 5.41) is 9.29. The van der Waals surface area contributed by atoms with Gasteiger partial charge in [0.05, 0.1) is 13.2 Å². The molecule has 3 heteroatoms. The summed E-state index contributed by atoms with van der Waals surface area (Å²) in [5.41, 5.74) is 1.99. The van der Waals surface area contributed by atoms with E-state index >= 15 is 0 Å². The number of ether oxygens (including phenoxy) is 1. The molecule has 0 unspecified atom stereocenters. The highest BCUT2D eigenvalue weighted by atomic mass is 32.2. The van der Waals surface area contributed by atoms with Crippen LogP contribution in [0.25, 0.3) is 0 Å². The summed E-state index contributed by atoms with van der Waals surface area (Å²) in [6.07, 6.45) is 0. The first kappa shape index (κ1) is 14.0. The molecule has 2 aromatic rings. The Morgan fingerprint density at radius 2 is 1.89 bits per heavy atom. The lowest BCUT2D eigenvalue weighted by molar-refractivity contribution is 0.267. The first-order chi connectivity index (χ1) is 9.29. The zero-order valence-corrected chi connectivity index (χ0v) is 11.8. The fourth-order valence-electron chi connectivity index (χ4n) is 1.80. The van der Waals surface area contributed by atoms with Crippen molar-refractivity contribution in [2.24, 2.45) is 0 Å². The molecule has 1 N–H and O–H groups in total. The fraction of sp³-hybridized carbons (Fsp3) is 0.250. The third kappa shape index (κ3) is 4.30. The van der Waals surface area contributed by atoms with Gasteiger partial charge in [0.25, 0.3) is 0 Å². The van der Waals surface area contributed by atoms with E-state index in [-0.39, 0.29) is 6.61 Å². The maximum Gasteiger partial charge on any atom is 0.124 e. The molecule has 0 bridgehead atoms. The summed E-state index contributed by atoms with van der Waals surface area (Å²) in [7, 11) is 0. The van der Waals surface area contributed by atoms with Gasteiger partial charge < -0.3 is 9.84 Å². The van der Waals surface area contributed by atoms with E-state index < -0.39 is 0 Å². The van der Waals surface area contributed by atoms with Gasteiger partial charge in [-0.05, 0) is 25.1 Å². The molecule has 0 saturated carbocycles. The predicted octanol–water partition coefficient (Wildman–Crippen LogP) is 3.66. The minimum atomic E-state index is 0.0167. The number of aliphatic hydroxyl groups excluding tert-OH is 1. The summed E-state index contributed by atoms with van der Waals surface area (Å²) in [4.78, 5) is 1.25. The van der Waals surface area contributed by atoms with Crippen molar-refractivity contribution in [2.45, 2.75) is 18.4 Å². The molecule has 2 aromatic carbocycles. The summed E-state index contributed by atoms with van der Waals surface area (Å²) in [6.45, 7) is 2.66. The normalized spacial score (nSPS) is 10.4. The molecule has 2 nitrogen and oxygen atoms in total. The van der Waals surface area contributed by atoms with E-state index in [0.717, 1.165) is 22.6 Å². The van der Waals surface area contributed by atoms with Crippen LogP contribution in [-0.2, 0) is 6.61 Å². The maximum absolute atomic E-state index is 9.29. The average Bonchev–Trinajstić information content (AvgIpc) is 2.46. The number of aliphatic hydroxyl groups is 1. The van der Waals surface area contributed by atoms with E-state index in [9.17, 15) is 5.11 Å². The first-order valence-electron chi connectivity index (χ1n) is 6.30. The zero-order chi connectivity index (χ0) is 13.5. The number of benzene rings is 2. The second-order valence-corrected chi connectivity index (χ2v) is 5.45. The van der Waals surface area contributed by atoms with Crippen molar-refractivity contribution in [1.29, 1.82) is 0 Å². The van der Waals surface area contributed by atoms with Crippen molar-refractivity contribution in [3.63, 3.8) is 0 Å². The van der Waals surface area contributed by atoms with Gasteiger partial charge in [-0.1, -0.05) is 35.9 Å². The molecule has 0 aliphatic heterocycles. The summed E-state index contributed by atoms with van der Waals surface area (Å²) < 4.78 is 5.72. The lowest BCUT2D eigenvalue weighted by Gasteiger charge is -2.10. The van der Waals surface area contributed by atoms with E-state index in [1.54, 1.807) is 11.8 Å². The molecule has 0 aromatic heterocycles. The standard InChI is InChI=1S/C16H18O2S/c1-13-7-8-16(14(11-13)12-17)18-9-10-19-15-5-3-2-4-6-15/h2-8,11,17H,9-10,12H2,1H3. The summed E-state index contributed by atoms with van der Waals surface area (Å²) in [6, 6.07) is 16.2. The Labute approximate surface area is 118 Å². The third-order valence-corrected chi connectivity index (χ3v) is 3.72. The summed E-state index contributed by atoms with van der Waals surface area (Å²) in [5.74, 6) is 1.67. The lowest BCUT2D eigenvalue weighted by atomic mass is 10.1. The van der Waals surface area contributed by atoms with Crippen LogP contribution in [0.1, 0.15) is 11.1 Å². The number of rotatable bonds is 6. The molecule has 0 aliphatic rings. The van der Waals surface area contributed by atoms with Crippen molar-refractivity contribution in [1.82, 2.24) is 0 Å². The van der Waals surface area contributed by atoms with E-state index in [2.05, 4.69) is 12.1 Å². The van der Waals surface area contributed by atoms with Gasteiger partial charge in [-0.2, -0.15) is 0 Å². The van der Waals surface area contributed by atoms with Gasteiger partial charge in [-0.15, -0.1) is 11.8 Å². The van der Waals surface area contributed by atoms with Gasteiger partial charge in [-0.25, -0.2) is 0 Å². The maximum atomic E-state index is 9.29. The van der Waals surface area contributed by atoms with Gasteiger partial charge in [-0.3, -0.25) is 0 Å². The van der Waals surface area contributed by atoms with Crippen LogP contribution in [-0.4, -0.2) is 17.5 Å². The molecule has 0 radical (unpaired) electrons. The van der Waals surface area contributed by atoms with E-state index in [1.165, 1.54) is 4.90 Å². The molecule has 0 saturated heterocycles. The monoisotopic (exact) mass is 274 g/mol. The van der Waals surface area contributed by atoms with Crippen molar-refractivity contribution < 1.29 is 9.84 Å². The van der Waals surface area contributed by atoms with Crippen LogP contribution < -0.4 is 4.74 Å². The quantitative estimate of drug-likeness (QED) is 0.644. The van der Waals surface area contributed by atoms with E-state index in [1.807, 2.05) is 43.3 Å². The molecule has 0 spiro atoms. The molecule has 19 heavy (non-hydrogen) atoms. The highest BCUT2D eigenvalue weighted by Crippen LogP contribution is 2.21. The summed E-state index contributed by atoms with van der Waals surface area (Å²) >= 11 is 1.77. The minimum Gasteiger partial charge on any atom is -0.492 e. The Balaban J connectivity index is 1.83.